The van der Waals surface area contributed by atoms with E-state index in [1.54, 1.807) is 0 Å². The second-order valence-corrected chi connectivity index (χ2v) is 3.04. The molecule has 1 aromatic carbocycles. The van der Waals surface area contributed by atoms with Crippen molar-refractivity contribution in [2.24, 2.45) is 5.73 Å². The third-order valence-electron chi connectivity index (χ3n) is 2.11. The molecule has 1 aliphatic rings. The van der Waals surface area contributed by atoms with Crippen LogP contribution in [0.2, 0.25) is 0 Å². The molecule has 0 aliphatic carbocycles. The standard InChI is InChI=1S/C9H9F2NO/c10-5-3-6(11)9-7(12)1-2-13-8(9)4-5/h3-4,7H,1-2,12H2/t7-/m0/s1. The van der Waals surface area contributed by atoms with Gasteiger partial charge in [-0.15, -0.1) is 0 Å². The topological polar surface area (TPSA) is 35.2 Å². The lowest BCUT2D eigenvalue weighted by atomic mass is 10.0. The fourth-order valence-corrected chi connectivity index (χ4v) is 1.48. The minimum Gasteiger partial charge on any atom is -0.493 e. The highest BCUT2D eigenvalue weighted by atomic mass is 19.1. The Labute approximate surface area is 74.3 Å². The third-order valence-corrected chi connectivity index (χ3v) is 2.11. The lowest BCUT2D eigenvalue weighted by Gasteiger charge is -2.23. The Morgan fingerprint density at radius 2 is 2.15 bits per heavy atom. The van der Waals surface area contributed by atoms with Crippen LogP contribution in [0.15, 0.2) is 12.1 Å². The van der Waals surface area contributed by atoms with Crippen LogP contribution in [0.1, 0.15) is 18.0 Å². The highest BCUT2D eigenvalue weighted by Gasteiger charge is 2.22. The summed E-state index contributed by atoms with van der Waals surface area (Å²) in [6.45, 7) is 0.414. The maximum absolute atomic E-state index is 13.2. The van der Waals surface area contributed by atoms with Crippen LogP contribution in [0.3, 0.4) is 0 Å². The van der Waals surface area contributed by atoms with Crippen LogP contribution in [0, 0.1) is 11.6 Å². The number of hydrogen-bond donors (Lipinski definition) is 1. The van der Waals surface area contributed by atoms with Gasteiger partial charge >= 0.3 is 0 Å². The molecule has 70 valence electrons. The fraction of sp³-hybridized carbons (Fsp3) is 0.333. The van der Waals surface area contributed by atoms with Crippen molar-refractivity contribution in [2.75, 3.05) is 6.61 Å². The summed E-state index contributed by atoms with van der Waals surface area (Å²) in [7, 11) is 0. The summed E-state index contributed by atoms with van der Waals surface area (Å²) in [5, 5.41) is 0. The van der Waals surface area contributed by atoms with Gasteiger partial charge in [-0.2, -0.15) is 0 Å². The minimum absolute atomic E-state index is 0.233. The zero-order chi connectivity index (χ0) is 9.42. The summed E-state index contributed by atoms with van der Waals surface area (Å²) in [5.74, 6) is -1.02. The number of benzene rings is 1. The van der Waals surface area contributed by atoms with E-state index in [4.69, 9.17) is 10.5 Å². The van der Waals surface area contributed by atoms with Gasteiger partial charge in [0.1, 0.15) is 17.4 Å². The van der Waals surface area contributed by atoms with Gasteiger partial charge in [0, 0.05) is 30.2 Å². The maximum Gasteiger partial charge on any atom is 0.134 e. The van der Waals surface area contributed by atoms with Gasteiger partial charge in [-0.1, -0.05) is 0 Å². The van der Waals surface area contributed by atoms with Crippen LogP contribution in [-0.2, 0) is 0 Å². The van der Waals surface area contributed by atoms with Crippen LogP contribution in [0.4, 0.5) is 8.78 Å². The number of ether oxygens (including phenoxy) is 1. The normalized spacial score (nSPS) is 20.7. The summed E-state index contributed by atoms with van der Waals surface area (Å²) < 4.78 is 31.0. The Hall–Kier alpha value is -1.16. The Morgan fingerprint density at radius 1 is 1.38 bits per heavy atom. The molecule has 0 unspecified atom stereocenters. The molecule has 0 aromatic heterocycles. The van der Waals surface area contributed by atoms with E-state index in [1.807, 2.05) is 0 Å². The zero-order valence-corrected chi connectivity index (χ0v) is 6.89. The Balaban J connectivity index is 2.56. The molecule has 0 saturated heterocycles. The molecular formula is C9H9F2NO. The average Bonchev–Trinajstić information content (AvgIpc) is 2.02. The predicted molar refractivity (Wildman–Crippen MR) is 43.4 cm³/mol. The van der Waals surface area contributed by atoms with Gasteiger partial charge in [-0.3, -0.25) is 0 Å². The van der Waals surface area contributed by atoms with Crippen molar-refractivity contribution in [3.8, 4) is 5.75 Å². The molecule has 2 N–H and O–H groups in total. The SMILES string of the molecule is N[C@H]1CCOc2cc(F)cc(F)c21. The van der Waals surface area contributed by atoms with Crippen molar-refractivity contribution in [2.45, 2.75) is 12.5 Å². The highest BCUT2D eigenvalue weighted by molar-refractivity contribution is 5.39. The van der Waals surface area contributed by atoms with E-state index in [0.29, 0.717) is 13.0 Å². The minimum atomic E-state index is -0.634. The van der Waals surface area contributed by atoms with Crippen LogP contribution in [0.5, 0.6) is 5.75 Å². The number of halogens is 2. The van der Waals surface area contributed by atoms with Gasteiger partial charge in [0.25, 0.3) is 0 Å². The molecule has 1 heterocycles. The molecule has 2 nitrogen and oxygen atoms in total. The molecule has 13 heavy (non-hydrogen) atoms. The predicted octanol–water partition coefficient (Wildman–Crippen LogP) is 1.75. The van der Waals surface area contributed by atoms with E-state index < -0.39 is 11.6 Å². The van der Waals surface area contributed by atoms with Crippen LogP contribution < -0.4 is 10.5 Å². The van der Waals surface area contributed by atoms with Gasteiger partial charge < -0.3 is 10.5 Å². The molecular weight excluding hydrogens is 176 g/mol. The highest BCUT2D eigenvalue weighted by Crippen LogP contribution is 2.33. The molecule has 0 fully saturated rings. The fourth-order valence-electron chi connectivity index (χ4n) is 1.48. The van der Waals surface area contributed by atoms with Crippen molar-refractivity contribution in [3.05, 3.63) is 29.3 Å². The van der Waals surface area contributed by atoms with Crippen molar-refractivity contribution < 1.29 is 13.5 Å². The first-order chi connectivity index (χ1) is 6.18. The molecule has 0 bridgehead atoms. The van der Waals surface area contributed by atoms with Gasteiger partial charge in [0.05, 0.1) is 6.61 Å². The van der Waals surface area contributed by atoms with E-state index in [-0.39, 0.29) is 17.4 Å². The molecule has 1 atom stereocenters. The largest absolute Gasteiger partial charge is 0.493 e. The number of rotatable bonds is 0. The lowest BCUT2D eigenvalue weighted by Crippen LogP contribution is -2.22. The van der Waals surface area contributed by atoms with Crippen molar-refractivity contribution in [1.82, 2.24) is 0 Å². The second kappa shape index (κ2) is 2.96. The van der Waals surface area contributed by atoms with Crippen LogP contribution in [0.25, 0.3) is 0 Å². The van der Waals surface area contributed by atoms with E-state index in [2.05, 4.69) is 0 Å². The van der Waals surface area contributed by atoms with Crippen molar-refractivity contribution >= 4 is 0 Å². The summed E-state index contributed by atoms with van der Waals surface area (Å²) in [4.78, 5) is 0. The van der Waals surface area contributed by atoms with Gasteiger partial charge in [0.15, 0.2) is 0 Å². The van der Waals surface area contributed by atoms with Gasteiger partial charge in [0.2, 0.25) is 0 Å². The maximum atomic E-state index is 13.2. The van der Waals surface area contributed by atoms with Gasteiger partial charge in [-0.25, -0.2) is 8.78 Å². The Morgan fingerprint density at radius 3 is 2.92 bits per heavy atom. The number of hydrogen-bond acceptors (Lipinski definition) is 2. The molecule has 1 aromatic rings. The first kappa shape index (κ1) is 8.44. The van der Waals surface area contributed by atoms with Crippen molar-refractivity contribution in [3.63, 3.8) is 0 Å². The molecule has 0 saturated carbocycles. The quantitative estimate of drug-likeness (QED) is 0.668. The average molecular weight is 185 g/mol. The van der Waals surface area contributed by atoms with E-state index in [9.17, 15) is 8.78 Å². The lowest BCUT2D eigenvalue weighted by molar-refractivity contribution is 0.262. The molecule has 1 aliphatic heterocycles. The van der Waals surface area contributed by atoms with E-state index in [0.717, 1.165) is 12.1 Å². The molecule has 2 rings (SSSR count). The van der Waals surface area contributed by atoms with E-state index in [1.165, 1.54) is 0 Å². The third kappa shape index (κ3) is 1.37. The monoisotopic (exact) mass is 185 g/mol. The number of fused-ring (bicyclic) bond motifs is 1. The Kier molecular flexibility index (Phi) is 1.92. The zero-order valence-electron chi connectivity index (χ0n) is 6.89. The summed E-state index contributed by atoms with van der Waals surface area (Å²) in [5.41, 5.74) is 5.94. The van der Waals surface area contributed by atoms with Crippen molar-refractivity contribution in [1.29, 1.82) is 0 Å². The first-order valence-electron chi connectivity index (χ1n) is 4.06. The molecule has 0 radical (unpaired) electrons. The molecule has 0 amide bonds. The molecule has 4 heteroatoms. The molecule has 0 spiro atoms. The summed E-state index contributed by atoms with van der Waals surface area (Å²) in [6, 6.07) is 1.61. The second-order valence-electron chi connectivity index (χ2n) is 3.04. The smallest absolute Gasteiger partial charge is 0.134 e. The summed E-state index contributed by atoms with van der Waals surface area (Å²) >= 11 is 0. The van der Waals surface area contributed by atoms with Crippen LogP contribution in [-0.4, -0.2) is 6.61 Å². The van der Waals surface area contributed by atoms with E-state index >= 15 is 0 Å². The van der Waals surface area contributed by atoms with Crippen LogP contribution >= 0.6 is 0 Å². The number of nitrogens with two attached hydrogens (primary N) is 1. The summed E-state index contributed by atoms with van der Waals surface area (Å²) in [6.07, 6.45) is 0.565. The Bertz CT molecular complexity index is 341. The first-order valence-corrected chi connectivity index (χ1v) is 4.06. The van der Waals surface area contributed by atoms with Gasteiger partial charge in [-0.05, 0) is 0 Å².